The minimum absolute atomic E-state index is 0.0818. The maximum Gasteiger partial charge on any atom is 0.263 e. The van der Waals surface area contributed by atoms with E-state index in [1.54, 1.807) is 31.2 Å². The molecule has 32 heavy (non-hydrogen) atoms. The second-order valence-corrected chi connectivity index (χ2v) is 9.06. The Labute approximate surface area is 191 Å². The van der Waals surface area contributed by atoms with Crippen molar-refractivity contribution >= 4 is 38.3 Å². The van der Waals surface area contributed by atoms with Crippen molar-refractivity contribution in [2.75, 3.05) is 17.9 Å². The Bertz CT molecular complexity index is 1340. The molecule has 0 saturated heterocycles. The molecule has 0 aliphatic carbocycles. The SMILES string of the molecule is Cc1c(Cl)cccc1S(=O)(=O)Nc1nc2ccccc2cc1OCCOc1ccccc1. The Balaban J connectivity index is 1.60. The van der Waals surface area contributed by atoms with Crippen molar-refractivity contribution in [1.82, 2.24) is 4.98 Å². The number of benzene rings is 3. The van der Waals surface area contributed by atoms with Crippen LogP contribution in [0.5, 0.6) is 11.5 Å². The number of sulfonamides is 1. The van der Waals surface area contributed by atoms with Gasteiger partial charge in [0.1, 0.15) is 19.0 Å². The molecular weight excluding hydrogens is 448 g/mol. The Morgan fingerprint density at radius 1 is 0.906 bits per heavy atom. The van der Waals surface area contributed by atoms with Gasteiger partial charge >= 0.3 is 0 Å². The maximum atomic E-state index is 13.1. The second-order valence-electron chi connectivity index (χ2n) is 7.01. The molecule has 0 radical (unpaired) electrons. The predicted octanol–water partition coefficient (Wildman–Crippen LogP) is 5.46. The van der Waals surface area contributed by atoms with Gasteiger partial charge in [0.2, 0.25) is 0 Å². The van der Waals surface area contributed by atoms with E-state index in [-0.39, 0.29) is 23.9 Å². The summed E-state index contributed by atoms with van der Waals surface area (Å²) in [7, 11) is -3.94. The summed E-state index contributed by atoms with van der Waals surface area (Å²) in [4.78, 5) is 4.57. The quantitative estimate of drug-likeness (QED) is 0.348. The lowest BCUT2D eigenvalue weighted by Crippen LogP contribution is -2.17. The van der Waals surface area contributed by atoms with Crippen molar-refractivity contribution in [3.05, 3.63) is 89.4 Å². The molecule has 1 aromatic heterocycles. The molecule has 0 bridgehead atoms. The Morgan fingerprint density at radius 3 is 2.44 bits per heavy atom. The molecule has 0 saturated carbocycles. The first-order valence-electron chi connectivity index (χ1n) is 9.92. The number of nitrogens with one attached hydrogen (secondary N) is 1. The van der Waals surface area contributed by atoms with Crippen molar-refractivity contribution in [2.24, 2.45) is 0 Å². The first kappa shape index (κ1) is 21.9. The molecule has 0 amide bonds. The normalized spacial score (nSPS) is 11.3. The lowest BCUT2D eigenvalue weighted by molar-refractivity contribution is 0.217. The summed E-state index contributed by atoms with van der Waals surface area (Å²) in [6, 6.07) is 23.3. The van der Waals surface area contributed by atoms with E-state index in [1.807, 2.05) is 48.5 Å². The molecule has 1 N–H and O–H groups in total. The third-order valence-electron chi connectivity index (χ3n) is 4.78. The minimum Gasteiger partial charge on any atom is -0.490 e. The number of halogens is 1. The largest absolute Gasteiger partial charge is 0.490 e. The van der Waals surface area contributed by atoms with Gasteiger partial charge < -0.3 is 9.47 Å². The van der Waals surface area contributed by atoms with E-state index in [9.17, 15) is 8.42 Å². The minimum atomic E-state index is -3.94. The summed E-state index contributed by atoms with van der Waals surface area (Å²) in [5, 5.41) is 1.20. The third kappa shape index (κ3) is 4.95. The van der Waals surface area contributed by atoms with Crippen molar-refractivity contribution in [3.8, 4) is 11.5 Å². The first-order chi connectivity index (χ1) is 15.4. The van der Waals surface area contributed by atoms with Crippen molar-refractivity contribution in [3.63, 3.8) is 0 Å². The van der Waals surface area contributed by atoms with E-state index in [0.717, 1.165) is 11.1 Å². The molecule has 4 rings (SSSR count). The van der Waals surface area contributed by atoms with Gasteiger partial charge in [-0.15, -0.1) is 0 Å². The molecule has 0 unspecified atom stereocenters. The highest BCUT2D eigenvalue weighted by atomic mass is 35.5. The third-order valence-corrected chi connectivity index (χ3v) is 6.67. The lowest BCUT2D eigenvalue weighted by atomic mass is 10.2. The summed E-state index contributed by atoms with van der Waals surface area (Å²) in [5.41, 5.74) is 1.10. The zero-order valence-electron chi connectivity index (χ0n) is 17.3. The van der Waals surface area contributed by atoms with E-state index < -0.39 is 10.0 Å². The monoisotopic (exact) mass is 468 g/mol. The van der Waals surface area contributed by atoms with Crippen molar-refractivity contribution < 1.29 is 17.9 Å². The smallest absolute Gasteiger partial charge is 0.263 e. The fourth-order valence-electron chi connectivity index (χ4n) is 3.17. The van der Waals surface area contributed by atoms with Crippen LogP contribution in [0, 0.1) is 6.92 Å². The van der Waals surface area contributed by atoms with Gasteiger partial charge in [-0.2, -0.15) is 0 Å². The Hall–Kier alpha value is -3.29. The summed E-state index contributed by atoms with van der Waals surface area (Å²) in [5.74, 6) is 1.14. The topological polar surface area (TPSA) is 77.5 Å². The Kier molecular flexibility index (Phi) is 6.48. The Morgan fingerprint density at radius 2 is 1.62 bits per heavy atom. The van der Waals surface area contributed by atoms with Gasteiger partial charge in [0.15, 0.2) is 11.6 Å². The number of anilines is 1. The number of pyridine rings is 1. The van der Waals surface area contributed by atoms with Crippen LogP contribution in [0.3, 0.4) is 0 Å². The number of rotatable bonds is 8. The van der Waals surface area contributed by atoms with Gasteiger partial charge in [0.05, 0.1) is 10.4 Å². The van der Waals surface area contributed by atoms with E-state index in [4.69, 9.17) is 21.1 Å². The van der Waals surface area contributed by atoms with Crippen LogP contribution in [0.25, 0.3) is 10.9 Å². The van der Waals surface area contributed by atoms with Gasteiger partial charge in [-0.1, -0.05) is 54.1 Å². The average Bonchev–Trinajstić information content (AvgIpc) is 2.79. The summed E-state index contributed by atoms with van der Waals surface area (Å²) in [6.07, 6.45) is 0. The van der Waals surface area contributed by atoms with Crippen LogP contribution in [-0.2, 0) is 10.0 Å². The molecule has 6 nitrogen and oxygen atoms in total. The zero-order valence-corrected chi connectivity index (χ0v) is 18.9. The molecule has 0 spiro atoms. The standard InChI is InChI=1S/C24H21ClN2O4S/c1-17-20(25)11-7-13-23(17)32(28,29)27-24-22(16-18-8-5-6-12-21(18)26-24)31-15-14-30-19-9-3-2-4-10-19/h2-13,16H,14-15H2,1H3,(H,26,27). The van der Waals surface area contributed by atoms with E-state index in [2.05, 4.69) is 9.71 Å². The highest BCUT2D eigenvalue weighted by molar-refractivity contribution is 7.92. The number of para-hydroxylation sites is 2. The van der Waals surface area contributed by atoms with Crippen LogP contribution in [0.4, 0.5) is 5.82 Å². The first-order valence-corrected chi connectivity index (χ1v) is 11.8. The summed E-state index contributed by atoms with van der Waals surface area (Å²) >= 11 is 6.12. The lowest BCUT2D eigenvalue weighted by Gasteiger charge is -2.15. The van der Waals surface area contributed by atoms with Crippen LogP contribution >= 0.6 is 11.6 Å². The molecule has 8 heteroatoms. The van der Waals surface area contributed by atoms with Crippen molar-refractivity contribution in [2.45, 2.75) is 11.8 Å². The number of nitrogens with zero attached hydrogens (tertiary/aromatic N) is 1. The number of hydrogen-bond acceptors (Lipinski definition) is 5. The maximum absolute atomic E-state index is 13.1. The molecule has 0 aliphatic rings. The zero-order chi connectivity index (χ0) is 22.6. The number of aromatic nitrogens is 1. The average molecular weight is 469 g/mol. The predicted molar refractivity (Wildman–Crippen MR) is 126 cm³/mol. The van der Waals surface area contributed by atoms with Gasteiger partial charge in [0.25, 0.3) is 10.0 Å². The molecule has 1 heterocycles. The van der Waals surface area contributed by atoms with Crippen LogP contribution < -0.4 is 14.2 Å². The fraction of sp³-hybridized carbons (Fsp3) is 0.125. The highest BCUT2D eigenvalue weighted by Gasteiger charge is 2.21. The molecule has 0 aliphatic heterocycles. The van der Waals surface area contributed by atoms with Crippen LogP contribution in [0.1, 0.15) is 5.56 Å². The highest BCUT2D eigenvalue weighted by Crippen LogP contribution is 2.31. The van der Waals surface area contributed by atoms with Crippen LogP contribution in [0.2, 0.25) is 5.02 Å². The fourth-order valence-corrected chi connectivity index (χ4v) is 4.68. The summed E-state index contributed by atoms with van der Waals surface area (Å²) < 4.78 is 40.3. The van der Waals surface area contributed by atoms with E-state index in [0.29, 0.717) is 21.9 Å². The second kappa shape index (κ2) is 9.46. The number of hydrogen-bond donors (Lipinski definition) is 1. The van der Waals surface area contributed by atoms with Gasteiger partial charge in [0, 0.05) is 10.4 Å². The van der Waals surface area contributed by atoms with E-state index in [1.165, 1.54) is 6.07 Å². The molecule has 3 aromatic carbocycles. The molecule has 0 atom stereocenters. The van der Waals surface area contributed by atoms with Gasteiger partial charge in [-0.25, -0.2) is 13.4 Å². The molecule has 4 aromatic rings. The van der Waals surface area contributed by atoms with Crippen LogP contribution in [-0.4, -0.2) is 26.6 Å². The van der Waals surface area contributed by atoms with E-state index >= 15 is 0 Å². The van der Waals surface area contributed by atoms with Crippen molar-refractivity contribution in [1.29, 1.82) is 0 Å². The number of ether oxygens (including phenoxy) is 2. The molecule has 164 valence electrons. The van der Waals surface area contributed by atoms with Gasteiger partial charge in [-0.3, -0.25) is 4.72 Å². The molecular formula is C24H21ClN2O4S. The number of fused-ring (bicyclic) bond motifs is 1. The summed E-state index contributed by atoms with van der Waals surface area (Å²) in [6.45, 7) is 2.15. The van der Waals surface area contributed by atoms with Crippen LogP contribution in [0.15, 0.2) is 83.8 Å². The van der Waals surface area contributed by atoms with Gasteiger partial charge in [-0.05, 0) is 48.9 Å². The molecule has 0 fully saturated rings.